The van der Waals surface area contributed by atoms with Gasteiger partial charge in [0.1, 0.15) is 15.8 Å². The van der Waals surface area contributed by atoms with E-state index in [0.29, 0.717) is 27.2 Å². The van der Waals surface area contributed by atoms with Gasteiger partial charge in [0.2, 0.25) is 0 Å². The third-order valence-corrected chi connectivity index (χ3v) is 6.83. The normalized spacial score (nSPS) is 14.9. The van der Waals surface area contributed by atoms with Gasteiger partial charge in [-0.05, 0) is 37.5 Å². The van der Waals surface area contributed by atoms with Gasteiger partial charge in [-0.15, -0.1) is 0 Å². The van der Waals surface area contributed by atoms with E-state index in [1.807, 2.05) is 23.8 Å². The summed E-state index contributed by atoms with van der Waals surface area (Å²) >= 11 is 6.43. The minimum atomic E-state index is -0.930. The SMILES string of the molecule is Cc1cccn2c(=O)c(/C=C3/SC(=S)N(CCCC(=O)O)C3=O)c(NCCCn3ccnc3)nc12. The molecule has 1 aliphatic rings. The van der Waals surface area contributed by atoms with Gasteiger partial charge in [-0.25, -0.2) is 9.97 Å². The molecule has 1 amide bonds. The molecule has 0 atom stereocenters. The highest BCUT2D eigenvalue weighted by molar-refractivity contribution is 8.26. The van der Waals surface area contributed by atoms with E-state index in [1.54, 1.807) is 24.8 Å². The summed E-state index contributed by atoms with van der Waals surface area (Å²) in [5.41, 5.74) is 1.35. The van der Waals surface area contributed by atoms with E-state index >= 15 is 0 Å². The summed E-state index contributed by atoms with van der Waals surface area (Å²) in [5.74, 6) is -0.878. The van der Waals surface area contributed by atoms with Crippen molar-refractivity contribution in [1.29, 1.82) is 0 Å². The van der Waals surface area contributed by atoms with Crippen molar-refractivity contribution in [1.82, 2.24) is 23.8 Å². The first kappa shape index (κ1) is 24.6. The van der Waals surface area contributed by atoms with Gasteiger partial charge in [-0.2, -0.15) is 0 Å². The molecule has 0 bridgehead atoms. The van der Waals surface area contributed by atoms with E-state index in [-0.39, 0.29) is 36.4 Å². The fraction of sp³-hybridized carbons (Fsp3) is 0.304. The van der Waals surface area contributed by atoms with Crippen LogP contribution in [0.3, 0.4) is 0 Å². The van der Waals surface area contributed by atoms with E-state index in [1.165, 1.54) is 15.4 Å². The van der Waals surface area contributed by atoms with Crippen LogP contribution >= 0.6 is 24.0 Å². The van der Waals surface area contributed by atoms with Crippen LogP contribution in [0.25, 0.3) is 11.7 Å². The Morgan fingerprint density at radius 3 is 2.83 bits per heavy atom. The lowest BCUT2D eigenvalue weighted by Crippen LogP contribution is -2.29. The first-order valence-corrected chi connectivity index (χ1v) is 12.3. The third kappa shape index (κ3) is 5.60. The second kappa shape index (κ2) is 10.8. The maximum absolute atomic E-state index is 13.4. The standard InChI is InChI=1S/C23H24N6O4S2/c1-15-5-2-10-28-20(15)26-19(25-7-4-9-27-12-8-24-14-27)16(21(28)32)13-17-22(33)29(23(34)35-17)11-3-6-18(30)31/h2,5,8,10,12-14,25H,3-4,6-7,9,11H2,1H3,(H,30,31)/b17-13+. The fourth-order valence-electron chi connectivity index (χ4n) is 3.68. The van der Waals surface area contributed by atoms with Gasteiger partial charge in [0.15, 0.2) is 0 Å². The first-order valence-electron chi connectivity index (χ1n) is 11.0. The predicted octanol–water partition coefficient (Wildman–Crippen LogP) is 2.77. The van der Waals surface area contributed by atoms with Crippen molar-refractivity contribution in [2.24, 2.45) is 0 Å². The highest BCUT2D eigenvalue weighted by Gasteiger charge is 2.32. The van der Waals surface area contributed by atoms with E-state index in [4.69, 9.17) is 22.3 Å². The molecule has 182 valence electrons. The molecular weight excluding hydrogens is 488 g/mol. The number of pyridine rings is 1. The summed E-state index contributed by atoms with van der Waals surface area (Å²) in [7, 11) is 0. The molecule has 10 nitrogen and oxygen atoms in total. The Balaban J connectivity index is 1.62. The Morgan fingerprint density at radius 2 is 2.09 bits per heavy atom. The number of rotatable bonds is 10. The summed E-state index contributed by atoms with van der Waals surface area (Å²) in [6.07, 6.45) is 9.53. The van der Waals surface area contributed by atoms with Crippen molar-refractivity contribution in [2.45, 2.75) is 32.7 Å². The van der Waals surface area contributed by atoms with E-state index in [2.05, 4.69) is 10.3 Å². The van der Waals surface area contributed by atoms with Crippen molar-refractivity contribution in [2.75, 3.05) is 18.4 Å². The van der Waals surface area contributed by atoms with E-state index < -0.39 is 5.97 Å². The van der Waals surface area contributed by atoms with Gasteiger partial charge in [0, 0.05) is 44.6 Å². The van der Waals surface area contributed by atoms with Crippen molar-refractivity contribution in [3.8, 4) is 0 Å². The maximum Gasteiger partial charge on any atom is 0.303 e. The number of thioether (sulfide) groups is 1. The molecule has 4 rings (SSSR count). The van der Waals surface area contributed by atoms with Gasteiger partial charge in [0.05, 0.1) is 16.8 Å². The monoisotopic (exact) mass is 512 g/mol. The Labute approximate surface area is 210 Å². The van der Waals surface area contributed by atoms with Crippen LogP contribution in [-0.2, 0) is 16.1 Å². The molecule has 2 N–H and O–H groups in total. The fourth-order valence-corrected chi connectivity index (χ4v) is 4.97. The third-order valence-electron chi connectivity index (χ3n) is 5.45. The Morgan fingerprint density at radius 1 is 1.26 bits per heavy atom. The number of carboxylic acids is 1. The number of anilines is 1. The number of aliphatic carboxylic acids is 1. The quantitative estimate of drug-likeness (QED) is 0.240. The zero-order valence-corrected chi connectivity index (χ0v) is 20.6. The number of hydrogen-bond donors (Lipinski definition) is 2. The van der Waals surface area contributed by atoms with Crippen LogP contribution in [0, 0.1) is 6.92 Å². The Kier molecular flexibility index (Phi) is 7.61. The molecule has 35 heavy (non-hydrogen) atoms. The molecular formula is C23H24N6O4S2. The zero-order valence-electron chi connectivity index (χ0n) is 19.0. The van der Waals surface area contributed by atoms with Crippen LogP contribution in [0.1, 0.15) is 30.4 Å². The molecule has 4 heterocycles. The number of nitrogens with one attached hydrogen (secondary N) is 1. The molecule has 1 aliphatic heterocycles. The van der Waals surface area contributed by atoms with E-state index in [9.17, 15) is 14.4 Å². The molecule has 3 aromatic rings. The molecule has 0 radical (unpaired) electrons. The van der Waals surface area contributed by atoms with Crippen LogP contribution in [-0.4, -0.2) is 58.2 Å². The van der Waals surface area contributed by atoms with Crippen LogP contribution in [0.5, 0.6) is 0 Å². The summed E-state index contributed by atoms with van der Waals surface area (Å²) in [6, 6.07) is 3.65. The van der Waals surface area contributed by atoms with Crippen molar-refractivity contribution < 1.29 is 14.7 Å². The molecule has 3 aromatic heterocycles. The van der Waals surface area contributed by atoms with Crippen molar-refractivity contribution in [3.63, 3.8) is 0 Å². The molecule has 12 heteroatoms. The molecule has 0 spiro atoms. The first-order chi connectivity index (χ1) is 16.8. The maximum atomic E-state index is 13.4. The van der Waals surface area contributed by atoms with Gasteiger partial charge < -0.3 is 15.0 Å². The number of nitrogens with zero attached hydrogens (tertiary/aromatic N) is 5. The Hall–Kier alpha value is -3.51. The minimum absolute atomic E-state index is 0.0570. The predicted molar refractivity (Wildman–Crippen MR) is 138 cm³/mol. The average molecular weight is 513 g/mol. The zero-order chi connectivity index (χ0) is 24.9. The topological polar surface area (TPSA) is 122 Å². The number of aromatic nitrogens is 4. The highest BCUT2D eigenvalue weighted by Crippen LogP contribution is 2.33. The second-order valence-corrected chi connectivity index (χ2v) is 9.65. The lowest BCUT2D eigenvalue weighted by atomic mass is 10.2. The van der Waals surface area contributed by atoms with Gasteiger partial charge in [-0.1, -0.05) is 30.0 Å². The summed E-state index contributed by atoms with van der Waals surface area (Å²) in [4.78, 5) is 47.6. The number of imidazole rings is 1. The van der Waals surface area contributed by atoms with Gasteiger partial charge >= 0.3 is 5.97 Å². The molecule has 0 saturated carbocycles. The second-order valence-electron chi connectivity index (χ2n) is 7.98. The van der Waals surface area contributed by atoms with Crippen molar-refractivity contribution >= 4 is 57.7 Å². The highest BCUT2D eigenvalue weighted by atomic mass is 32.2. The van der Waals surface area contributed by atoms with E-state index in [0.717, 1.165) is 30.3 Å². The minimum Gasteiger partial charge on any atom is -0.481 e. The van der Waals surface area contributed by atoms with Crippen LogP contribution in [0.2, 0.25) is 0 Å². The molecule has 1 saturated heterocycles. The number of amides is 1. The van der Waals surface area contributed by atoms with Crippen molar-refractivity contribution in [3.05, 3.63) is 63.4 Å². The number of carbonyl (C=O) groups excluding carboxylic acids is 1. The lowest BCUT2D eigenvalue weighted by Gasteiger charge is -2.13. The van der Waals surface area contributed by atoms with Gasteiger partial charge in [-0.3, -0.25) is 23.7 Å². The summed E-state index contributed by atoms with van der Waals surface area (Å²) < 4.78 is 3.77. The summed E-state index contributed by atoms with van der Waals surface area (Å²) in [6.45, 7) is 3.40. The number of aryl methyl sites for hydroxylation is 2. The molecule has 0 unspecified atom stereocenters. The lowest BCUT2D eigenvalue weighted by molar-refractivity contribution is -0.137. The number of carboxylic acid groups (broad SMARTS) is 1. The van der Waals surface area contributed by atoms with Gasteiger partial charge in [0.25, 0.3) is 11.5 Å². The molecule has 1 fully saturated rings. The van der Waals surface area contributed by atoms with Crippen LogP contribution in [0.4, 0.5) is 5.82 Å². The summed E-state index contributed by atoms with van der Waals surface area (Å²) in [5, 5.41) is 12.1. The number of hydrogen-bond acceptors (Lipinski definition) is 8. The Bertz CT molecular complexity index is 1370. The smallest absolute Gasteiger partial charge is 0.303 e. The largest absolute Gasteiger partial charge is 0.481 e. The average Bonchev–Trinajstić information content (AvgIpc) is 3.43. The number of carbonyl (C=O) groups is 2. The number of thiocarbonyl (C=S) groups is 1. The van der Waals surface area contributed by atoms with Crippen LogP contribution < -0.4 is 10.9 Å². The van der Waals surface area contributed by atoms with Crippen LogP contribution in [0.15, 0.2) is 46.8 Å². The number of fused-ring (bicyclic) bond motifs is 1. The molecule has 0 aromatic carbocycles. The molecule has 0 aliphatic carbocycles.